The van der Waals surface area contributed by atoms with E-state index in [1.54, 1.807) is 17.1 Å². The number of primary amides is 1. The minimum atomic E-state index is -0.998. The average molecular weight is 469 g/mol. The van der Waals surface area contributed by atoms with Crippen LogP contribution in [0.15, 0.2) is 35.4 Å². The zero-order chi connectivity index (χ0) is 23.6. The van der Waals surface area contributed by atoms with Crippen LogP contribution in [-0.4, -0.2) is 50.0 Å². The highest BCUT2D eigenvalue weighted by Gasteiger charge is 2.39. The van der Waals surface area contributed by atoms with Crippen LogP contribution >= 0.6 is 0 Å². The molecule has 9 nitrogen and oxygen atoms in total. The number of amides is 2. The summed E-state index contributed by atoms with van der Waals surface area (Å²) in [6.45, 7) is 2.25. The van der Waals surface area contributed by atoms with Crippen molar-refractivity contribution in [3.63, 3.8) is 0 Å². The van der Waals surface area contributed by atoms with E-state index in [4.69, 9.17) is 5.73 Å². The molecule has 1 atom stereocenters. The van der Waals surface area contributed by atoms with E-state index in [0.717, 1.165) is 42.9 Å². The molecule has 10 heteroatoms. The topological polar surface area (TPSA) is 134 Å². The molecule has 3 N–H and O–H groups in total. The molecule has 1 saturated heterocycles. The highest BCUT2D eigenvalue weighted by atomic mass is 32.2. The Bertz CT molecular complexity index is 1110. The molecular formula is C23H28N6O3S. The number of nitriles is 1. The average Bonchev–Trinajstić information content (AvgIpc) is 3.56. The van der Waals surface area contributed by atoms with Crippen LogP contribution in [0.25, 0.3) is 0 Å². The number of likely N-dealkylation sites (tertiary alicyclic amines) is 1. The SMILES string of the molecule is CS(=O)c1ccc(CN2CCC(CC#N)(n3cc(C(N)=O)c(NC(=O)C4CC4)n3)CC2)cc1. The number of carbonyl (C=O) groups is 2. The van der Waals surface area contributed by atoms with Crippen molar-refractivity contribution in [2.75, 3.05) is 24.7 Å². The summed E-state index contributed by atoms with van der Waals surface area (Å²) >= 11 is 0. The van der Waals surface area contributed by atoms with Gasteiger partial charge in [-0.3, -0.25) is 23.4 Å². The van der Waals surface area contributed by atoms with Crippen LogP contribution in [0, 0.1) is 17.2 Å². The second-order valence-electron chi connectivity index (χ2n) is 8.90. The van der Waals surface area contributed by atoms with E-state index in [-0.39, 0.29) is 29.6 Å². The molecule has 1 saturated carbocycles. The van der Waals surface area contributed by atoms with Gasteiger partial charge in [-0.15, -0.1) is 0 Å². The van der Waals surface area contributed by atoms with Gasteiger partial charge in [-0.2, -0.15) is 10.4 Å². The fourth-order valence-corrected chi connectivity index (χ4v) is 4.78. The summed E-state index contributed by atoms with van der Waals surface area (Å²) in [6.07, 6.45) is 6.50. The smallest absolute Gasteiger partial charge is 0.254 e. The van der Waals surface area contributed by atoms with Gasteiger partial charge in [0, 0.05) is 53.7 Å². The molecule has 1 aromatic carbocycles. The normalized spacial score (nSPS) is 18.9. The van der Waals surface area contributed by atoms with Gasteiger partial charge in [0.2, 0.25) is 5.91 Å². The first-order valence-electron chi connectivity index (χ1n) is 11.0. The number of rotatable bonds is 8. The van der Waals surface area contributed by atoms with E-state index in [0.29, 0.717) is 12.8 Å². The van der Waals surface area contributed by atoms with Crippen LogP contribution in [-0.2, 0) is 27.7 Å². The Labute approximate surface area is 195 Å². The highest BCUT2D eigenvalue weighted by molar-refractivity contribution is 7.84. The Morgan fingerprint density at radius 2 is 1.94 bits per heavy atom. The molecule has 0 bridgehead atoms. The lowest BCUT2D eigenvalue weighted by molar-refractivity contribution is -0.117. The van der Waals surface area contributed by atoms with Gasteiger partial charge in [0.25, 0.3) is 5.91 Å². The lowest BCUT2D eigenvalue weighted by atomic mass is 9.84. The number of aromatic nitrogens is 2. The first-order chi connectivity index (χ1) is 15.8. The number of anilines is 1. The molecule has 174 valence electrons. The molecule has 2 amide bonds. The lowest BCUT2D eigenvalue weighted by Gasteiger charge is -2.40. The molecule has 2 aliphatic rings. The molecule has 1 aromatic heterocycles. The van der Waals surface area contributed by atoms with Crippen LogP contribution in [0.2, 0.25) is 0 Å². The Hall–Kier alpha value is -3.03. The number of benzene rings is 1. The van der Waals surface area contributed by atoms with Crippen LogP contribution in [0.1, 0.15) is 48.0 Å². The number of hydrogen-bond donors (Lipinski definition) is 2. The van der Waals surface area contributed by atoms with E-state index >= 15 is 0 Å². The zero-order valence-electron chi connectivity index (χ0n) is 18.6. The number of nitrogens with two attached hydrogens (primary N) is 1. The molecule has 0 radical (unpaired) electrons. The molecule has 2 aromatic rings. The van der Waals surface area contributed by atoms with Gasteiger partial charge in [0.1, 0.15) is 5.56 Å². The predicted octanol–water partition coefficient (Wildman–Crippen LogP) is 1.97. The van der Waals surface area contributed by atoms with Crippen molar-refractivity contribution in [1.82, 2.24) is 14.7 Å². The monoisotopic (exact) mass is 468 g/mol. The summed E-state index contributed by atoms with van der Waals surface area (Å²) in [5, 5.41) is 16.8. The first kappa shape index (κ1) is 23.1. The zero-order valence-corrected chi connectivity index (χ0v) is 19.4. The van der Waals surface area contributed by atoms with E-state index in [1.807, 2.05) is 24.3 Å². The molecule has 2 fully saturated rings. The fraction of sp³-hybridized carbons (Fsp3) is 0.478. The maximum Gasteiger partial charge on any atom is 0.254 e. The van der Waals surface area contributed by atoms with Crippen LogP contribution in [0.3, 0.4) is 0 Å². The maximum absolute atomic E-state index is 12.2. The molecule has 0 spiro atoms. The van der Waals surface area contributed by atoms with Crippen LogP contribution < -0.4 is 11.1 Å². The molecule has 4 rings (SSSR count). The van der Waals surface area contributed by atoms with Crippen molar-refractivity contribution in [3.05, 3.63) is 41.6 Å². The second kappa shape index (κ2) is 9.45. The number of nitrogens with zero attached hydrogens (tertiary/aromatic N) is 4. The number of piperidine rings is 1. The number of nitrogens with one attached hydrogen (secondary N) is 1. The van der Waals surface area contributed by atoms with Crippen molar-refractivity contribution in [1.29, 1.82) is 5.26 Å². The number of carbonyl (C=O) groups excluding carboxylic acids is 2. The summed E-state index contributed by atoms with van der Waals surface area (Å²) < 4.78 is 13.3. The van der Waals surface area contributed by atoms with Crippen molar-refractivity contribution >= 4 is 28.4 Å². The summed E-state index contributed by atoms with van der Waals surface area (Å²) in [6, 6.07) is 10.0. The summed E-state index contributed by atoms with van der Waals surface area (Å²) in [5.41, 5.74) is 6.28. The minimum Gasteiger partial charge on any atom is -0.365 e. The van der Waals surface area contributed by atoms with Gasteiger partial charge < -0.3 is 11.1 Å². The van der Waals surface area contributed by atoms with Crippen molar-refractivity contribution in [2.45, 2.75) is 49.1 Å². The number of hydrogen-bond acceptors (Lipinski definition) is 6. The van der Waals surface area contributed by atoms with E-state index in [1.165, 1.54) is 0 Å². The lowest BCUT2D eigenvalue weighted by Crippen LogP contribution is -2.46. The van der Waals surface area contributed by atoms with Crippen molar-refractivity contribution in [2.24, 2.45) is 11.7 Å². The molecule has 1 aliphatic heterocycles. The Balaban J connectivity index is 1.49. The molecular weight excluding hydrogens is 440 g/mol. The Morgan fingerprint density at radius 1 is 1.27 bits per heavy atom. The van der Waals surface area contributed by atoms with Crippen molar-refractivity contribution < 1.29 is 13.8 Å². The third-order valence-electron chi connectivity index (χ3n) is 6.51. The highest BCUT2D eigenvalue weighted by Crippen LogP contribution is 2.36. The molecule has 2 heterocycles. The summed E-state index contributed by atoms with van der Waals surface area (Å²) in [5.74, 6) is -0.663. The van der Waals surface area contributed by atoms with Gasteiger partial charge in [-0.25, -0.2) is 0 Å². The van der Waals surface area contributed by atoms with Crippen LogP contribution in [0.4, 0.5) is 5.82 Å². The van der Waals surface area contributed by atoms with E-state index in [9.17, 15) is 19.1 Å². The first-order valence-corrected chi connectivity index (χ1v) is 12.6. The molecule has 1 unspecified atom stereocenters. The van der Waals surface area contributed by atoms with Gasteiger partial charge in [-0.05, 0) is 43.4 Å². The predicted molar refractivity (Wildman–Crippen MR) is 124 cm³/mol. The summed E-state index contributed by atoms with van der Waals surface area (Å²) in [4.78, 5) is 27.3. The third-order valence-corrected chi connectivity index (χ3v) is 7.45. The van der Waals surface area contributed by atoms with E-state index < -0.39 is 22.2 Å². The van der Waals surface area contributed by atoms with Crippen LogP contribution in [0.5, 0.6) is 0 Å². The fourth-order valence-electron chi connectivity index (χ4n) is 4.26. The second-order valence-corrected chi connectivity index (χ2v) is 10.3. The molecule has 1 aliphatic carbocycles. The quantitative estimate of drug-likeness (QED) is 0.608. The van der Waals surface area contributed by atoms with Gasteiger partial charge >= 0.3 is 0 Å². The standard InChI is InChI=1S/C23H28N6O3S/c1-33(32)18-6-2-16(3-7-18)14-28-12-9-23(8-11-24,10-13-28)29-15-19(20(25)30)21(27-29)26-22(31)17-4-5-17/h2-3,6-7,15,17H,4-5,8-10,12-14H2,1H3,(H2,25,30)(H,26,27,31). The van der Waals surface area contributed by atoms with Gasteiger partial charge in [0.05, 0.1) is 18.0 Å². The minimum absolute atomic E-state index is 0.0291. The van der Waals surface area contributed by atoms with Gasteiger partial charge in [-0.1, -0.05) is 12.1 Å². The Morgan fingerprint density at radius 3 is 2.48 bits per heavy atom. The van der Waals surface area contributed by atoms with E-state index in [2.05, 4.69) is 21.4 Å². The Kier molecular flexibility index (Phi) is 6.63. The van der Waals surface area contributed by atoms with Gasteiger partial charge in [0.15, 0.2) is 5.82 Å². The largest absolute Gasteiger partial charge is 0.365 e. The van der Waals surface area contributed by atoms with Crippen molar-refractivity contribution in [3.8, 4) is 6.07 Å². The maximum atomic E-state index is 12.2. The third kappa shape index (κ3) is 5.15. The summed E-state index contributed by atoms with van der Waals surface area (Å²) in [7, 11) is -0.998. The molecule has 33 heavy (non-hydrogen) atoms.